The van der Waals surface area contributed by atoms with Crippen molar-refractivity contribution in [2.45, 2.75) is 59.7 Å². The monoisotopic (exact) mass is 490 g/mol. The van der Waals surface area contributed by atoms with E-state index in [4.69, 9.17) is 9.47 Å². The van der Waals surface area contributed by atoms with E-state index in [2.05, 4.69) is 46.1 Å². The van der Waals surface area contributed by atoms with Gasteiger partial charge in [0, 0.05) is 37.4 Å². The molecule has 3 aromatic rings. The largest absolute Gasteiger partial charge is 0.493 e. The number of carbonyl (C=O) groups excluding carboxylic acids is 1. The van der Waals surface area contributed by atoms with Crippen molar-refractivity contribution < 1.29 is 14.3 Å². The molecule has 0 fully saturated rings. The van der Waals surface area contributed by atoms with Gasteiger partial charge in [0.1, 0.15) is 0 Å². The molecule has 1 atom stereocenters. The van der Waals surface area contributed by atoms with Gasteiger partial charge in [-0.1, -0.05) is 12.1 Å². The Labute approximate surface area is 214 Å². The summed E-state index contributed by atoms with van der Waals surface area (Å²) in [5.41, 5.74) is 6.44. The third kappa shape index (κ3) is 5.26. The first-order valence-electron chi connectivity index (χ1n) is 12.9. The maximum Gasteiger partial charge on any atom is 0.253 e. The van der Waals surface area contributed by atoms with Gasteiger partial charge in [0.2, 0.25) is 0 Å². The summed E-state index contributed by atoms with van der Waals surface area (Å²) >= 11 is 0. The number of H-pyrrole nitrogens is 1. The van der Waals surface area contributed by atoms with Crippen LogP contribution in [0.5, 0.6) is 11.5 Å². The summed E-state index contributed by atoms with van der Waals surface area (Å²) in [7, 11) is 1.69. The number of methoxy groups -OCH3 is 1. The van der Waals surface area contributed by atoms with Crippen molar-refractivity contribution in [2.24, 2.45) is 0 Å². The van der Waals surface area contributed by atoms with Crippen LogP contribution in [0.25, 0.3) is 0 Å². The number of nitrogens with one attached hydrogen (secondary N) is 1. The van der Waals surface area contributed by atoms with E-state index in [-0.39, 0.29) is 18.1 Å². The first-order chi connectivity index (χ1) is 17.4. The zero-order valence-electron chi connectivity index (χ0n) is 22.3. The topological polar surface area (TPSA) is 70.7 Å². The predicted octanol–water partition coefficient (Wildman–Crippen LogP) is 5.14. The molecule has 2 aromatic carbocycles. The van der Waals surface area contributed by atoms with E-state index < -0.39 is 0 Å². The van der Waals surface area contributed by atoms with Crippen LogP contribution >= 0.6 is 0 Å². The van der Waals surface area contributed by atoms with Crippen molar-refractivity contribution >= 4 is 5.91 Å². The van der Waals surface area contributed by atoms with Gasteiger partial charge in [-0.2, -0.15) is 0 Å². The number of nitrogens with zero attached hydrogens (tertiary/aromatic N) is 3. The van der Waals surface area contributed by atoms with Crippen molar-refractivity contribution in [1.82, 2.24) is 19.8 Å². The molecule has 0 bridgehead atoms. The average Bonchev–Trinajstić information content (AvgIpc) is 3.28. The Hall–Kier alpha value is -3.32. The third-order valence-electron chi connectivity index (χ3n) is 6.93. The maximum atomic E-state index is 12.9. The molecule has 1 N–H and O–H groups in total. The van der Waals surface area contributed by atoms with E-state index in [1.165, 1.54) is 11.1 Å². The zero-order chi connectivity index (χ0) is 25.8. The van der Waals surface area contributed by atoms with Crippen LogP contribution in [-0.2, 0) is 13.0 Å². The molecule has 0 saturated heterocycles. The van der Waals surface area contributed by atoms with E-state index in [1.54, 1.807) is 13.4 Å². The number of hydrogen-bond acceptors (Lipinski definition) is 5. The normalized spacial score (nSPS) is 15.6. The molecule has 1 amide bonds. The summed E-state index contributed by atoms with van der Waals surface area (Å²) < 4.78 is 11.8. The summed E-state index contributed by atoms with van der Waals surface area (Å²) in [5.74, 6) is 1.58. The summed E-state index contributed by atoms with van der Waals surface area (Å²) in [6, 6.07) is 12.4. The molecular weight excluding hydrogens is 452 g/mol. The van der Waals surface area contributed by atoms with E-state index in [1.807, 2.05) is 44.7 Å². The molecule has 0 radical (unpaired) electrons. The summed E-state index contributed by atoms with van der Waals surface area (Å²) in [6.07, 6.45) is 2.70. The lowest BCUT2D eigenvalue weighted by atomic mass is 9.87. The van der Waals surface area contributed by atoms with Gasteiger partial charge < -0.3 is 19.4 Å². The van der Waals surface area contributed by atoms with E-state index in [9.17, 15) is 4.79 Å². The fraction of sp³-hybridized carbons (Fsp3) is 0.448. The second kappa shape index (κ2) is 11.2. The standard InChI is InChI=1S/C29H38N4O3/c1-7-32(8-2)29(34)22-11-9-21(10-12-22)28-24-16-27(36-19(3)4)26(35-6)15-23(24)13-14-33(28)17-25-20(5)30-18-31-25/h9-12,15-16,18-19,28H,7-8,13-14,17H2,1-6H3,(H,30,31)/t28-/m0/s1. The van der Waals surface area contributed by atoms with Crippen molar-refractivity contribution in [1.29, 1.82) is 0 Å². The number of fused-ring (bicyclic) bond motifs is 1. The Morgan fingerprint density at radius 1 is 1.17 bits per heavy atom. The Kier molecular flexibility index (Phi) is 7.99. The van der Waals surface area contributed by atoms with Gasteiger partial charge in [0.25, 0.3) is 5.91 Å². The minimum absolute atomic E-state index is 0.00266. The number of hydrogen-bond donors (Lipinski definition) is 1. The van der Waals surface area contributed by atoms with Gasteiger partial charge in [-0.15, -0.1) is 0 Å². The molecule has 1 aliphatic heterocycles. The highest BCUT2D eigenvalue weighted by Crippen LogP contribution is 2.42. The zero-order valence-corrected chi connectivity index (χ0v) is 22.3. The third-order valence-corrected chi connectivity index (χ3v) is 6.93. The molecule has 36 heavy (non-hydrogen) atoms. The number of aryl methyl sites for hydroxylation is 1. The van der Waals surface area contributed by atoms with Crippen LogP contribution in [-0.4, -0.2) is 58.5 Å². The van der Waals surface area contributed by atoms with Gasteiger partial charge in [-0.25, -0.2) is 4.98 Å². The van der Waals surface area contributed by atoms with Crippen molar-refractivity contribution in [3.63, 3.8) is 0 Å². The molecule has 0 spiro atoms. The van der Waals surface area contributed by atoms with Gasteiger partial charge in [-0.3, -0.25) is 9.69 Å². The molecule has 0 unspecified atom stereocenters. The molecule has 7 nitrogen and oxygen atoms in total. The average molecular weight is 491 g/mol. The number of benzene rings is 2. The van der Waals surface area contributed by atoms with E-state index in [0.717, 1.165) is 48.0 Å². The van der Waals surface area contributed by atoms with E-state index >= 15 is 0 Å². The summed E-state index contributed by atoms with van der Waals surface area (Å²) in [4.78, 5) is 25.0. The van der Waals surface area contributed by atoms with Crippen LogP contribution in [0, 0.1) is 6.92 Å². The van der Waals surface area contributed by atoms with Gasteiger partial charge in [0.05, 0.1) is 31.3 Å². The van der Waals surface area contributed by atoms with Gasteiger partial charge in [0.15, 0.2) is 11.5 Å². The second-order valence-corrected chi connectivity index (χ2v) is 9.57. The highest BCUT2D eigenvalue weighted by molar-refractivity contribution is 5.94. The molecule has 192 valence electrons. The molecule has 0 saturated carbocycles. The molecule has 7 heteroatoms. The van der Waals surface area contributed by atoms with Crippen molar-refractivity contribution in [3.8, 4) is 11.5 Å². The fourth-order valence-corrected chi connectivity index (χ4v) is 4.99. The minimum Gasteiger partial charge on any atom is -0.493 e. The second-order valence-electron chi connectivity index (χ2n) is 9.57. The van der Waals surface area contributed by atoms with Crippen LogP contribution < -0.4 is 9.47 Å². The lowest BCUT2D eigenvalue weighted by Crippen LogP contribution is -2.36. The van der Waals surface area contributed by atoms with Crippen LogP contribution in [0.15, 0.2) is 42.7 Å². The summed E-state index contributed by atoms with van der Waals surface area (Å²) in [5, 5.41) is 0. The number of imidazole rings is 1. The molecule has 4 rings (SSSR count). The Balaban J connectivity index is 1.77. The highest BCUT2D eigenvalue weighted by Gasteiger charge is 2.31. The molecule has 0 aliphatic carbocycles. The van der Waals surface area contributed by atoms with Crippen LogP contribution in [0.4, 0.5) is 0 Å². The SMILES string of the molecule is CCN(CC)C(=O)c1ccc([C@H]2c3cc(OC(C)C)c(OC)cc3CCN2Cc2nc[nH]c2C)cc1. The first-order valence-corrected chi connectivity index (χ1v) is 12.9. The number of amides is 1. The van der Waals surface area contributed by atoms with Crippen LogP contribution in [0.3, 0.4) is 0 Å². The Morgan fingerprint density at radius 2 is 1.89 bits per heavy atom. The lowest BCUT2D eigenvalue weighted by molar-refractivity contribution is 0.0773. The number of rotatable bonds is 9. The van der Waals surface area contributed by atoms with Crippen molar-refractivity contribution in [2.75, 3.05) is 26.7 Å². The number of aromatic amines is 1. The Morgan fingerprint density at radius 3 is 2.47 bits per heavy atom. The molecule has 1 aliphatic rings. The molecule has 2 heterocycles. The van der Waals surface area contributed by atoms with Crippen LogP contribution in [0.1, 0.15) is 72.2 Å². The predicted molar refractivity (Wildman–Crippen MR) is 142 cm³/mol. The summed E-state index contributed by atoms with van der Waals surface area (Å²) in [6.45, 7) is 13.1. The van der Waals surface area contributed by atoms with Gasteiger partial charge in [-0.05, 0) is 82.0 Å². The highest BCUT2D eigenvalue weighted by atomic mass is 16.5. The van der Waals surface area contributed by atoms with Crippen LogP contribution in [0.2, 0.25) is 0 Å². The number of carbonyl (C=O) groups is 1. The number of ether oxygens (including phenoxy) is 2. The van der Waals surface area contributed by atoms with E-state index in [0.29, 0.717) is 18.7 Å². The maximum absolute atomic E-state index is 12.9. The molecular formula is C29H38N4O3. The van der Waals surface area contributed by atoms with Gasteiger partial charge >= 0.3 is 0 Å². The quantitative estimate of drug-likeness (QED) is 0.450. The van der Waals surface area contributed by atoms with Crippen molar-refractivity contribution in [3.05, 3.63) is 76.4 Å². The molecule has 1 aromatic heterocycles. The number of aromatic nitrogens is 2. The fourth-order valence-electron chi connectivity index (χ4n) is 4.99. The Bertz CT molecular complexity index is 1180. The lowest BCUT2D eigenvalue weighted by Gasteiger charge is -2.38. The smallest absolute Gasteiger partial charge is 0.253 e. The first kappa shape index (κ1) is 25.8. The minimum atomic E-state index is 0.00266.